The predicted octanol–water partition coefficient (Wildman–Crippen LogP) is 3.08. The topological polar surface area (TPSA) is 86.8 Å². The zero-order valence-corrected chi connectivity index (χ0v) is 19.8. The number of hydrogen-bond donors (Lipinski definition) is 1. The van der Waals surface area contributed by atoms with Crippen LogP contribution in [0.3, 0.4) is 0 Å². The van der Waals surface area contributed by atoms with Gasteiger partial charge in [0.15, 0.2) is 0 Å². The van der Waals surface area contributed by atoms with Crippen LogP contribution in [0.4, 0.5) is 0 Å². The van der Waals surface area contributed by atoms with Gasteiger partial charge in [0, 0.05) is 43.5 Å². The van der Waals surface area contributed by atoms with Gasteiger partial charge < -0.3 is 10.2 Å². The van der Waals surface area contributed by atoms with Gasteiger partial charge in [0.05, 0.1) is 5.56 Å². The summed E-state index contributed by atoms with van der Waals surface area (Å²) in [6.45, 7) is 4.34. The number of carbonyl (C=O) groups is 2. The fourth-order valence-corrected chi connectivity index (χ4v) is 7.61. The lowest BCUT2D eigenvalue weighted by molar-refractivity contribution is -0.126. The maximum Gasteiger partial charge on any atom is 0.254 e. The number of nitrogens with one attached hydrogen (secondary N) is 1. The van der Waals surface area contributed by atoms with Gasteiger partial charge in [-0.1, -0.05) is 19.8 Å². The first-order valence-electron chi connectivity index (χ1n) is 11.5. The van der Waals surface area contributed by atoms with Crippen LogP contribution in [0, 0.1) is 11.8 Å². The molecule has 0 bridgehead atoms. The molecule has 9 heteroatoms. The first-order valence-corrected chi connectivity index (χ1v) is 13.8. The minimum absolute atomic E-state index is 0.0730. The third-order valence-electron chi connectivity index (χ3n) is 7.01. The largest absolute Gasteiger partial charge is 0.353 e. The van der Waals surface area contributed by atoms with E-state index < -0.39 is 10.0 Å². The Balaban J connectivity index is 1.34. The monoisotopic (exact) mass is 467 g/mol. The molecule has 172 valence electrons. The highest BCUT2D eigenvalue weighted by Crippen LogP contribution is 2.29. The molecule has 0 unspecified atom stereocenters. The molecule has 2 amide bonds. The normalized spacial score (nSPS) is 22.7. The maximum atomic E-state index is 13.1. The molecule has 3 aliphatic rings. The number of hydrogen-bond acceptors (Lipinski definition) is 5. The van der Waals surface area contributed by atoms with Crippen molar-refractivity contribution in [2.24, 2.45) is 11.8 Å². The van der Waals surface area contributed by atoms with Gasteiger partial charge in [-0.25, -0.2) is 8.42 Å². The summed E-state index contributed by atoms with van der Waals surface area (Å²) in [7, 11) is -3.64. The summed E-state index contributed by atoms with van der Waals surface area (Å²) in [5.41, 5.74) is 0.462. The van der Waals surface area contributed by atoms with Gasteiger partial charge in [-0.05, 0) is 50.5 Å². The van der Waals surface area contributed by atoms with Crippen molar-refractivity contribution in [1.82, 2.24) is 14.5 Å². The molecule has 1 saturated carbocycles. The van der Waals surface area contributed by atoms with Crippen molar-refractivity contribution < 1.29 is 18.0 Å². The molecule has 1 aromatic heterocycles. The van der Waals surface area contributed by atoms with Gasteiger partial charge in [-0.3, -0.25) is 9.59 Å². The highest BCUT2D eigenvalue weighted by Gasteiger charge is 2.34. The molecule has 1 N–H and O–H groups in total. The Kier molecular flexibility index (Phi) is 7.03. The maximum absolute atomic E-state index is 13.1. The lowest BCUT2D eigenvalue weighted by atomic mass is 9.97. The summed E-state index contributed by atoms with van der Waals surface area (Å²) in [4.78, 5) is 27.1. The molecule has 1 aliphatic carbocycles. The molecular formula is C22H33N3O4S2. The molecule has 3 fully saturated rings. The van der Waals surface area contributed by atoms with Crippen molar-refractivity contribution in [2.45, 2.75) is 68.5 Å². The number of thiophene rings is 1. The lowest BCUT2D eigenvalue weighted by Crippen LogP contribution is -2.44. The van der Waals surface area contributed by atoms with Crippen LogP contribution in [0.25, 0.3) is 0 Å². The Morgan fingerprint density at radius 3 is 2.29 bits per heavy atom. The fraction of sp³-hybridized carbons (Fsp3) is 0.727. The number of piperidine rings is 2. The Morgan fingerprint density at radius 2 is 1.65 bits per heavy atom. The third kappa shape index (κ3) is 5.14. The van der Waals surface area contributed by atoms with Crippen molar-refractivity contribution >= 4 is 33.2 Å². The standard InChI is InChI=1S/C22H33N3O4S2/c1-16-6-10-24(11-7-16)22(27)18-14-20(30-15-18)31(28,29)25-12-8-17(9-13-25)21(26)23-19-4-2-3-5-19/h14-17,19H,2-13H2,1H3,(H,23,26). The van der Waals surface area contributed by atoms with Crippen molar-refractivity contribution in [1.29, 1.82) is 0 Å². The second-order valence-corrected chi connectivity index (χ2v) is 12.4. The average Bonchev–Trinajstić information content (AvgIpc) is 3.46. The molecule has 0 aromatic carbocycles. The van der Waals surface area contributed by atoms with Crippen LogP contribution in [0.5, 0.6) is 0 Å². The molecule has 0 spiro atoms. The molecule has 2 aliphatic heterocycles. The molecule has 2 saturated heterocycles. The van der Waals surface area contributed by atoms with Gasteiger partial charge in [0.1, 0.15) is 4.21 Å². The molecule has 4 rings (SSSR count). The van der Waals surface area contributed by atoms with Crippen LogP contribution in [0.2, 0.25) is 0 Å². The van der Waals surface area contributed by atoms with E-state index >= 15 is 0 Å². The number of amides is 2. The number of rotatable bonds is 5. The second kappa shape index (κ2) is 9.58. The van der Waals surface area contributed by atoms with Gasteiger partial charge in [-0.2, -0.15) is 4.31 Å². The SMILES string of the molecule is CC1CCN(C(=O)c2csc(S(=O)(=O)N3CCC(C(=O)NC4CCCC4)CC3)c2)CC1. The van der Waals surface area contributed by atoms with Crippen molar-refractivity contribution in [3.05, 3.63) is 17.0 Å². The van der Waals surface area contributed by atoms with E-state index in [0.717, 1.165) is 50.1 Å². The van der Waals surface area contributed by atoms with E-state index in [0.29, 0.717) is 43.5 Å². The van der Waals surface area contributed by atoms with Crippen LogP contribution in [0.1, 0.15) is 68.6 Å². The third-order valence-corrected chi connectivity index (χ3v) is 10.3. The first kappa shape index (κ1) is 22.7. The van der Waals surface area contributed by atoms with Crippen LogP contribution < -0.4 is 5.32 Å². The second-order valence-electron chi connectivity index (χ2n) is 9.30. The van der Waals surface area contributed by atoms with Crippen LogP contribution in [0.15, 0.2) is 15.7 Å². The van der Waals surface area contributed by atoms with Crippen LogP contribution >= 0.6 is 11.3 Å². The van der Waals surface area contributed by atoms with E-state index in [4.69, 9.17) is 0 Å². The zero-order valence-electron chi connectivity index (χ0n) is 18.2. The zero-order chi connectivity index (χ0) is 22.0. The van der Waals surface area contributed by atoms with Gasteiger partial charge in [-0.15, -0.1) is 11.3 Å². The van der Waals surface area contributed by atoms with Gasteiger partial charge >= 0.3 is 0 Å². The van der Waals surface area contributed by atoms with Crippen LogP contribution in [-0.4, -0.2) is 61.7 Å². The molecule has 1 aromatic rings. The lowest BCUT2D eigenvalue weighted by Gasteiger charge is -2.31. The Hall–Kier alpha value is -1.45. The predicted molar refractivity (Wildman–Crippen MR) is 121 cm³/mol. The molecule has 0 atom stereocenters. The van der Waals surface area contributed by atoms with E-state index in [1.54, 1.807) is 5.38 Å². The molecule has 7 nitrogen and oxygen atoms in total. The van der Waals surface area contributed by atoms with Gasteiger partial charge in [0.25, 0.3) is 15.9 Å². The minimum Gasteiger partial charge on any atom is -0.353 e. The molecular weight excluding hydrogens is 434 g/mol. The quantitative estimate of drug-likeness (QED) is 0.721. The van der Waals surface area contributed by atoms with Crippen molar-refractivity contribution in [3.63, 3.8) is 0 Å². The molecule has 0 radical (unpaired) electrons. The van der Waals surface area contributed by atoms with E-state index in [1.807, 2.05) is 4.90 Å². The van der Waals surface area contributed by atoms with Crippen molar-refractivity contribution in [3.8, 4) is 0 Å². The van der Waals surface area contributed by atoms with Gasteiger partial charge in [0.2, 0.25) is 5.91 Å². The Labute approximate surface area is 189 Å². The Bertz CT molecular complexity index is 892. The van der Waals surface area contributed by atoms with Crippen molar-refractivity contribution in [2.75, 3.05) is 26.2 Å². The number of likely N-dealkylation sites (tertiary alicyclic amines) is 1. The Morgan fingerprint density at radius 1 is 1.00 bits per heavy atom. The summed E-state index contributed by atoms with van der Waals surface area (Å²) in [5.74, 6) is 0.510. The smallest absolute Gasteiger partial charge is 0.254 e. The average molecular weight is 468 g/mol. The first-order chi connectivity index (χ1) is 14.8. The number of carbonyl (C=O) groups excluding carboxylic acids is 2. The van der Waals surface area contributed by atoms with E-state index in [-0.39, 0.29) is 21.9 Å². The van der Waals surface area contributed by atoms with E-state index in [1.165, 1.54) is 23.2 Å². The summed E-state index contributed by atoms with van der Waals surface area (Å²) in [6, 6.07) is 1.82. The summed E-state index contributed by atoms with van der Waals surface area (Å²) in [5, 5.41) is 4.80. The van der Waals surface area contributed by atoms with Crippen LogP contribution in [-0.2, 0) is 14.8 Å². The molecule has 3 heterocycles. The van der Waals surface area contributed by atoms with E-state index in [9.17, 15) is 18.0 Å². The number of nitrogens with zero attached hydrogens (tertiary/aromatic N) is 2. The summed E-state index contributed by atoms with van der Waals surface area (Å²) < 4.78 is 27.9. The minimum atomic E-state index is -3.64. The highest BCUT2D eigenvalue weighted by molar-refractivity contribution is 7.91. The summed E-state index contributed by atoms with van der Waals surface area (Å²) >= 11 is 1.12. The van der Waals surface area contributed by atoms with E-state index in [2.05, 4.69) is 12.2 Å². The highest BCUT2D eigenvalue weighted by atomic mass is 32.2. The molecule has 31 heavy (non-hydrogen) atoms. The fourth-order valence-electron chi connectivity index (χ4n) is 4.83. The summed E-state index contributed by atoms with van der Waals surface area (Å²) in [6.07, 6.45) is 7.51. The number of sulfonamides is 1.